The molecule has 322 valence electrons. The van der Waals surface area contributed by atoms with Gasteiger partial charge < -0.3 is 14.7 Å². The van der Waals surface area contributed by atoms with E-state index in [-0.39, 0.29) is 57.5 Å². The molecular weight excluding hydrogens is 737 g/mol. The SMILES string of the molecule is CCC1C[C@]2(c3c(C)c(=O)n(-c4ccc(C#N)cc4)n3CCN(C)C)CC[C@]3(C)[C@H](CC[C@@H]4[C@@]5(C)CC[C@H](OC(=O)CCC(=O)O)C(C)(C)[C@@H]5CC[C@]43C)C2=C1C(C)C. The molecule has 0 aliphatic heterocycles. The Balaban J connectivity index is 1.32. The largest absolute Gasteiger partial charge is 0.481 e. The number of allylic oxidation sites excluding steroid dienone is 2. The van der Waals surface area contributed by atoms with Gasteiger partial charge in [-0.15, -0.1) is 0 Å². The van der Waals surface area contributed by atoms with Crippen LogP contribution in [0.4, 0.5) is 0 Å². The van der Waals surface area contributed by atoms with Gasteiger partial charge in [-0.3, -0.25) is 19.1 Å². The molecule has 1 aromatic carbocycles. The molecule has 1 heterocycles. The normalized spacial score (nSPS) is 34.8. The standard InChI is InChI=1S/C50H72N4O5/c1-12-34-29-50(44-32(4)45(58)54(53(44)28-27-52(10)11)35-15-13-33(30-51)14-16-35)26-25-48(8)36(43(50)42(34)31(2)3)17-18-38-47(7)23-22-39(59-41(57)20-19-40(55)56)46(5,6)37(47)21-24-49(38,48)9/h13-16,31,34,36-39H,12,17-29H2,1-11H3,(H,55,56)/t34?,36-,37+,38-,39+,47+,48-,49-,50-/m1/s1. The van der Waals surface area contributed by atoms with Crippen molar-refractivity contribution in [3.63, 3.8) is 0 Å². The Morgan fingerprint density at radius 1 is 0.949 bits per heavy atom. The van der Waals surface area contributed by atoms with Crippen LogP contribution in [0, 0.1) is 69.5 Å². The summed E-state index contributed by atoms with van der Waals surface area (Å²) in [6.45, 7) is 23.3. The zero-order valence-electron chi connectivity index (χ0n) is 38.0. The lowest BCUT2D eigenvalue weighted by Crippen LogP contribution is -2.66. The Hall–Kier alpha value is -3.64. The molecule has 1 aromatic heterocycles. The number of hydrogen-bond acceptors (Lipinski definition) is 6. The number of nitrogens with zero attached hydrogens (tertiary/aromatic N) is 4. The van der Waals surface area contributed by atoms with E-state index in [9.17, 15) is 24.8 Å². The number of carbonyl (C=O) groups is 2. The minimum atomic E-state index is -0.970. The molecule has 9 nitrogen and oxygen atoms in total. The third-order valence-corrected chi connectivity index (χ3v) is 17.8. The fourth-order valence-corrected chi connectivity index (χ4v) is 15.0. The highest BCUT2D eigenvalue weighted by atomic mass is 16.5. The average Bonchev–Trinajstić information content (AvgIpc) is 3.65. The summed E-state index contributed by atoms with van der Waals surface area (Å²) in [4.78, 5) is 41.0. The molecular formula is C50H72N4O5. The summed E-state index contributed by atoms with van der Waals surface area (Å²) in [5.74, 6) is 0.877. The summed E-state index contributed by atoms with van der Waals surface area (Å²) in [7, 11) is 4.21. The minimum Gasteiger partial charge on any atom is -0.481 e. The van der Waals surface area contributed by atoms with Crippen LogP contribution in [0.2, 0.25) is 0 Å². The van der Waals surface area contributed by atoms with Crippen molar-refractivity contribution in [3.8, 4) is 11.8 Å². The van der Waals surface area contributed by atoms with Crippen LogP contribution >= 0.6 is 0 Å². The number of rotatable bonds is 11. The van der Waals surface area contributed by atoms with E-state index in [0.717, 1.165) is 75.6 Å². The summed E-state index contributed by atoms with van der Waals surface area (Å²) in [6.07, 6.45) is 10.2. The number of hydrogen-bond donors (Lipinski definition) is 1. The van der Waals surface area contributed by atoms with Gasteiger partial charge in [0.2, 0.25) is 0 Å². The third-order valence-electron chi connectivity index (χ3n) is 17.8. The second-order valence-electron chi connectivity index (χ2n) is 21.4. The Bertz CT molecular complexity index is 2100. The van der Waals surface area contributed by atoms with Gasteiger partial charge in [-0.1, -0.05) is 66.5 Å². The first-order valence-corrected chi connectivity index (χ1v) is 22.9. The number of aliphatic carboxylic acids is 1. The van der Waals surface area contributed by atoms with Gasteiger partial charge in [0.1, 0.15) is 6.10 Å². The van der Waals surface area contributed by atoms with Crippen molar-refractivity contribution in [2.75, 3.05) is 20.6 Å². The van der Waals surface area contributed by atoms with E-state index in [2.05, 4.69) is 92.1 Å². The lowest BCUT2D eigenvalue weighted by Gasteiger charge is -2.72. The van der Waals surface area contributed by atoms with Crippen LogP contribution in [0.25, 0.3) is 5.69 Å². The number of esters is 1. The number of nitriles is 1. The van der Waals surface area contributed by atoms with Gasteiger partial charge in [0.25, 0.3) is 5.56 Å². The number of likely N-dealkylation sites (N-methyl/N-ethyl adjacent to an activating group) is 1. The molecule has 1 N–H and O–H groups in total. The van der Waals surface area contributed by atoms with Crippen molar-refractivity contribution >= 4 is 11.9 Å². The van der Waals surface area contributed by atoms with Gasteiger partial charge in [0, 0.05) is 22.9 Å². The molecule has 59 heavy (non-hydrogen) atoms. The molecule has 0 amide bonds. The van der Waals surface area contributed by atoms with Crippen molar-refractivity contribution in [1.82, 2.24) is 14.3 Å². The molecule has 0 saturated heterocycles. The van der Waals surface area contributed by atoms with Crippen LogP contribution in [-0.2, 0) is 26.3 Å². The van der Waals surface area contributed by atoms with Crippen LogP contribution < -0.4 is 5.56 Å². The van der Waals surface area contributed by atoms with Crippen molar-refractivity contribution < 1.29 is 19.4 Å². The molecule has 1 unspecified atom stereocenters. The van der Waals surface area contributed by atoms with Crippen molar-refractivity contribution in [2.24, 2.45) is 51.2 Å². The summed E-state index contributed by atoms with van der Waals surface area (Å²) in [5.41, 5.74) is 6.72. The fourth-order valence-electron chi connectivity index (χ4n) is 15.0. The zero-order valence-corrected chi connectivity index (χ0v) is 38.0. The van der Waals surface area contributed by atoms with E-state index >= 15 is 0 Å². The van der Waals surface area contributed by atoms with E-state index in [4.69, 9.17) is 4.74 Å². The highest BCUT2D eigenvalue weighted by molar-refractivity contribution is 5.76. The number of carboxylic acid groups (broad SMARTS) is 1. The lowest BCUT2D eigenvalue weighted by molar-refractivity contribution is -0.232. The number of benzene rings is 1. The first-order valence-electron chi connectivity index (χ1n) is 22.9. The molecule has 7 rings (SSSR count). The summed E-state index contributed by atoms with van der Waals surface area (Å²) < 4.78 is 10.4. The van der Waals surface area contributed by atoms with E-state index in [1.54, 1.807) is 11.1 Å². The Morgan fingerprint density at radius 3 is 2.25 bits per heavy atom. The number of carboxylic acids is 1. The van der Waals surface area contributed by atoms with Gasteiger partial charge in [-0.05, 0) is 155 Å². The van der Waals surface area contributed by atoms with Gasteiger partial charge in [0.05, 0.1) is 42.4 Å². The third kappa shape index (κ3) is 6.59. The second-order valence-corrected chi connectivity index (χ2v) is 21.4. The van der Waals surface area contributed by atoms with E-state index in [1.807, 2.05) is 28.9 Å². The lowest BCUT2D eigenvalue weighted by atomic mass is 9.33. The van der Waals surface area contributed by atoms with E-state index < -0.39 is 5.97 Å². The number of aromatic nitrogens is 2. The molecule has 5 aliphatic rings. The number of ether oxygens (including phenoxy) is 1. The first-order chi connectivity index (χ1) is 27.7. The van der Waals surface area contributed by atoms with Crippen molar-refractivity contribution in [1.29, 1.82) is 5.26 Å². The van der Waals surface area contributed by atoms with Crippen LogP contribution in [0.3, 0.4) is 0 Å². The molecule has 2 aromatic rings. The van der Waals surface area contributed by atoms with Crippen LogP contribution in [0.5, 0.6) is 0 Å². The van der Waals surface area contributed by atoms with Crippen LogP contribution in [0.1, 0.15) is 149 Å². The maximum Gasteiger partial charge on any atom is 0.306 e. The van der Waals surface area contributed by atoms with E-state index in [0.29, 0.717) is 41.7 Å². The minimum absolute atomic E-state index is 0.0456. The maximum absolute atomic E-state index is 14.7. The van der Waals surface area contributed by atoms with Gasteiger partial charge >= 0.3 is 11.9 Å². The predicted molar refractivity (Wildman–Crippen MR) is 232 cm³/mol. The topological polar surface area (TPSA) is 118 Å². The molecule has 5 aliphatic carbocycles. The summed E-state index contributed by atoms with van der Waals surface area (Å²) >= 11 is 0. The van der Waals surface area contributed by atoms with E-state index in [1.165, 1.54) is 12.1 Å². The highest BCUT2D eigenvalue weighted by Gasteiger charge is 2.70. The molecule has 4 fully saturated rings. The molecule has 9 atom stereocenters. The zero-order chi connectivity index (χ0) is 43.0. The maximum atomic E-state index is 14.7. The Morgan fingerprint density at radius 2 is 1.64 bits per heavy atom. The van der Waals surface area contributed by atoms with Crippen LogP contribution in [-0.4, -0.2) is 58.1 Å². The molecule has 9 heteroatoms. The van der Waals surface area contributed by atoms with Crippen LogP contribution in [0.15, 0.2) is 40.2 Å². The Labute approximate surface area is 353 Å². The smallest absolute Gasteiger partial charge is 0.306 e. The second kappa shape index (κ2) is 15.4. The van der Waals surface area contributed by atoms with Gasteiger partial charge in [-0.2, -0.15) is 5.26 Å². The monoisotopic (exact) mass is 809 g/mol. The quantitative estimate of drug-likeness (QED) is 0.177. The molecule has 0 bridgehead atoms. The first kappa shape index (κ1) is 43.4. The molecule has 0 spiro atoms. The van der Waals surface area contributed by atoms with Crippen molar-refractivity contribution in [2.45, 2.75) is 157 Å². The molecule has 0 radical (unpaired) electrons. The highest BCUT2D eigenvalue weighted by Crippen LogP contribution is 2.77. The number of fused-ring (bicyclic) bond motifs is 7. The van der Waals surface area contributed by atoms with Gasteiger partial charge in [0.15, 0.2) is 0 Å². The number of carbonyl (C=O) groups excluding carboxylic acids is 1. The summed E-state index contributed by atoms with van der Waals surface area (Å²) in [5, 5.41) is 18.8. The van der Waals surface area contributed by atoms with Gasteiger partial charge in [-0.25, -0.2) is 4.68 Å². The molecule has 4 saturated carbocycles. The predicted octanol–water partition coefficient (Wildman–Crippen LogP) is 9.85. The fraction of sp³-hybridized carbons (Fsp3) is 0.720. The average molecular weight is 809 g/mol. The Kier molecular flexibility index (Phi) is 11.3. The van der Waals surface area contributed by atoms with Crippen molar-refractivity contribution in [3.05, 3.63) is 62.6 Å². The summed E-state index contributed by atoms with van der Waals surface area (Å²) in [6, 6.07) is 9.76.